The molecule has 17 heavy (non-hydrogen) atoms. The summed E-state index contributed by atoms with van der Waals surface area (Å²) in [6, 6.07) is 5.33. The number of nitrogens with zero attached hydrogens (tertiary/aromatic N) is 1. The van der Waals surface area contributed by atoms with Gasteiger partial charge >= 0.3 is 0 Å². The Morgan fingerprint density at radius 2 is 2.12 bits per heavy atom. The molecule has 0 aromatic heterocycles. The van der Waals surface area contributed by atoms with E-state index in [4.69, 9.17) is 5.73 Å². The Morgan fingerprint density at radius 3 is 2.65 bits per heavy atom. The third kappa shape index (κ3) is 2.93. The number of piperidine rings is 1. The monoisotopic (exact) mass is 254 g/mol. The van der Waals surface area contributed by atoms with E-state index >= 15 is 0 Å². The molecule has 1 aliphatic rings. The van der Waals surface area contributed by atoms with E-state index < -0.39 is 0 Å². The maximum atomic E-state index is 13.9. The highest BCUT2D eigenvalue weighted by atomic mass is 32.2. The van der Waals surface area contributed by atoms with Gasteiger partial charge in [0.1, 0.15) is 5.82 Å². The van der Waals surface area contributed by atoms with Crippen LogP contribution in [0.15, 0.2) is 18.2 Å². The van der Waals surface area contributed by atoms with Gasteiger partial charge in [-0.15, -0.1) is 0 Å². The van der Waals surface area contributed by atoms with Crippen molar-refractivity contribution in [3.8, 4) is 0 Å². The predicted octanol–water partition coefficient (Wildman–Crippen LogP) is 2.62. The Labute approximate surface area is 106 Å². The van der Waals surface area contributed by atoms with Crippen molar-refractivity contribution in [3.05, 3.63) is 29.6 Å². The van der Waals surface area contributed by atoms with E-state index in [9.17, 15) is 4.39 Å². The minimum absolute atomic E-state index is 0.143. The maximum Gasteiger partial charge on any atom is 0.146 e. The van der Waals surface area contributed by atoms with Crippen molar-refractivity contribution in [3.63, 3.8) is 0 Å². The van der Waals surface area contributed by atoms with Crippen LogP contribution in [-0.2, 0) is 6.54 Å². The summed E-state index contributed by atoms with van der Waals surface area (Å²) in [6.07, 6.45) is 4.43. The third-order valence-electron chi connectivity index (χ3n) is 3.36. The Morgan fingerprint density at radius 1 is 1.41 bits per heavy atom. The molecule has 1 heterocycles. The van der Waals surface area contributed by atoms with Crippen molar-refractivity contribution < 1.29 is 4.39 Å². The van der Waals surface area contributed by atoms with Crippen LogP contribution >= 0.6 is 11.8 Å². The fraction of sp³-hybridized carbons (Fsp3) is 0.538. The number of halogens is 1. The molecule has 2 nitrogen and oxygen atoms in total. The molecule has 0 radical (unpaired) electrons. The van der Waals surface area contributed by atoms with Gasteiger partial charge < -0.3 is 10.6 Å². The van der Waals surface area contributed by atoms with E-state index in [1.165, 1.54) is 0 Å². The largest absolute Gasteiger partial charge is 0.369 e. The normalized spacial score (nSPS) is 17.5. The van der Waals surface area contributed by atoms with Crippen molar-refractivity contribution in [2.24, 2.45) is 5.73 Å². The van der Waals surface area contributed by atoms with Crippen LogP contribution in [-0.4, -0.2) is 24.6 Å². The molecule has 1 aromatic carbocycles. The topological polar surface area (TPSA) is 29.3 Å². The van der Waals surface area contributed by atoms with Crippen LogP contribution in [0.4, 0.5) is 10.1 Å². The second-order valence-corrected chi connectivity index (χ2v) is 5.55. The lowest BCUT2D eigenvalue weighted by molar-refractivity contribution is 0.565. The van der Waals surface area contributed by atoms with Gasteiger partial charge in [0.15, 0.2) is 0 Å². The minimum atomic E-state index is -0.143. The highest BCUT2D eigenvalue weighted by molar-refractivity contribution is 7.99. The SMILES string of the molecule is CSC1CCN(c2ccc(CN)cc2F)CC1. The molecule has 0 amide bonds. The summed E-state index contributed by atoms with van der Waals surface area (Å²) in [6.45, 7) is 2.29. The van der Waals surface area contributed by atoms with E-state index in [0.29, 0.717) is 6.54 Å². The van der Waals surface area contributed by atoms with Gasteiger partial charge in [-0.25, -0.2) is 4.39 Å². The van der Waals surface area contributed by atoms with Gasteiger partial charge in [-0.05, 0) is 36.8 Å². The molecule has 0 atom stereocenters. The smallest absolute Gasteiger partial charge is 0.146 e. The number of anilines is 1. The lowest BCUT2D eigenvalue weighted by atomic mass is 10.1. The lowest BCUT2D eigenvalue weighted by Gasteiger charge is -2.33. The molecule has 1 aliphatic heterocycles. The van der Waals surface area contributed by atoms with E-state index in [1.807, 2.05) is 23.9 Å². The molecule has 0 aliphatic carbocycles. The van der Waals surface area contributed by atoms with Gasteiger partial charge in [-0.2, -0.15) is 11.8 Å². The van der Waals surface area contributed by atoms with Crippen LogP contribution < -0.4 is 10.6 Å². The van der Waals surface area contributed by atoms with Gasteiger partial charge in [0.05, 0.1) is 5.69 Å². The number of rotatable bonds is 3. The molecule has 0 spiro atoms. The fourth-order valence-corrected chi connectivity index (χ4v) is 2.95. The maximum absolute atomic E-state index is 13.9. The first-order chi connectivity index (χ1) is 8.24. The van der Waals surface area contributed by atoms with Crippen LogP contribution in [0.1, 0.15) is 18.4 Å². The van der Waals surface area contributed by atoms with Crippen molar-refractivity contribution in [1.82, 2.24) is 0 Å². The molecular formula is C13H19FN2S. The number of hydrogen-bond donors (Lipinski definition) is 1. The molecule has 0 unspecified atom stereocenters. The number of hydrogen-bond acceptors (Lipinski definition) is 3. The number of thioether (sulfide) groups is 1. The molecule has 1 saturated heterocycles. The highest BCUT2D eigenvalue weighted by Gasteiger charge is 2.20. The summed E-state index contributed by atoms with van der Waals surface area (Å²) < 4.78 is 13.9. The predicted molar refractivity (Wildman–Crippen MR) is 73.0 cm³/mol. The zero-order valence-corrected chi connectivity index (χ0v) is 11.0. The molecule has 1 fully saturated rings. The Kier molecular flexibility index (Phi) is 4.29. The van der Waals surface area contributed by atoms with Crippen molar-refractivity contribution >= 4 is 17.4 Å². The second kappa shape index (κ2) is 5.74. The van der Waals surface area contributed by atoms with Crippen LogP contribution in [0.25, 0.3) is 0 Å². The van der Waals surface area contributed by atoms with Gasteiger partial charge in [0, 0.05) is 24.9 Å². The van der Waals surface area contributed by atoms with E-state index in [1.54, 1.807) is 6.07 Å². The van der Waals surface area contributed by atoms with Gasteiger partial charge in [-0.3, -0.25) is 0 Å². The zero-order valence-electron chi connectivity index (χ0n) is 10.2. The molecule has 94 valence electrons. The molecule has 2 rings (SSSR count). The summed E-state index contributed by atoms with van der Waals surface area (Å²) in [4.78, 5) is 2.14. The first kappa shape index (κ1) is 12.7. The summed E-state index contributed by atoms with van der Waals surface area (Å²) in [7, 11) is 0. The van der Waals surface area contributed by atoms with Crippen molar-refractivity contribution in [2.45, 2.75) is 24.6 Å². The van der Waals surface area contributed by atoms with Crippen LogP contribution in [0.5, 0.6) is 0 Å². The molecule has 1 aromatic rings. The minimum Gasteiger partial charge on any atom is -0.369 e. The Balaban J connectivity index is 2.08. The number of nitrogens with two attached hydrogens (primary N) is 1. The molecule has 2 N–H and O–H groups in total. The first-order valence-corrected chi connectivity index (χ1v) is 7.29. The van der Waals surface area contributed by atoms with Gasteiger partial charge in [0.25, 0.3) is 0 Å². The summed E-state index contributed by atoms with van der Waals surface area (Å²) >= 11 is 1.92. The average Bonchev–Trinajstić information content (AvgIpc) is 2.39. The van der Waals surface area contributed by atoms with Crippen LogP contribution in [0, 0.1) is 5.82 Å². The van der Waals surface area contributed by atoms with Crippen LogP contribution in [0.2, 0.25) is 0 Å². The molecular weight excluding hydrogens is 235 g/mol. The van der Waals surface area contributed by atoms with E-state index in [2.05, 4.69) is 11.2 Å². The first-order valence-electron chi connectivity index (χ1n) is 6.01. The second-order valence-electron chi connectivity index (χ2n) is 4.41. The molecule has 0 bridgehead atoms. The van der Waals surface area contributed by atoms with Crippen LogP contribution in [0.3, 0.4) is 0 Å². The lowest BCUT2D eigenvalue weighted by Crippen LogP contribution is -2.35. The molecule has 4 heteroatoms. The number of benzene rings is 1. The third-order valence-corrected chi connectivity index (χ3v) is 4.50. The van der Waals surface area contributed by atoms with Gasteiger partial charge in [0.2, 0.25) is 0 Å². The summed E-state index contributed by atoms with van der Waals surface area (Å²) in [5, 5.41) is 0.734. The highest BCUT2D eigenvalue weighted by Crippen LogP contribution is 2.27. The Bertz CT molecular complexity index is 376. The van der Waals surface area contributed by atoms with E-state index in [0.717, 1.165) is 42.4 Å². The summed E-state index contributed by atoms with van der Waals surface area (Å²) in [5.74, 6) is -0.143. The average molecular weight is 254 g/mol. The zero-order chi connectivity index (χ0) is 12.3. The van der Waals surface area contributed by atoms with Crippen molar-refractivity contribution in [2.75, 3.05) is 24.2 Å². The quantitative estimate of drug-likeness (QED) is 0.899. The molecule has 0 saturated carbocycles. The standard InChI is InChI=1S/C13H19FN2S/c1-17-11-4-6-16(7-5-11)13-3-2-10(9-15)8-12(13)14/h2-3,8,11H,4-7,9,15H2,1H3. The van der Waals surface area contributed by atoms with E-state index in [-0.39, 0.29) is 5.82 Å². The fourth-order valence-electron chi connectivity index (χ4n) is 2.27. The van der Waals surface area contributed by atoms with Crippen molar-refractivity contribution in [1.29, 1.82) is 0 Å². The van der Waals surface area contributed by atoms with Gasteiger partial charge in [-0.1, -0.05) is 6.07 Å². The Hall–Kier alpha value is -0.740. The summed E-state index contributed by atoms with van der Waals surface area (Å²) in [5.41, 5.74) is 7.08.